The summed E-state index contributed by atoms with van der Waals surface area (Å²) < 4.78 is 22.0. The fourth-order valence-corrected chi connectivity index (χ4v) is 4.16. The van der Waals surface area contributed by atoms with Gasteiger partial charge in [-0.1, -0.05) is 13.8 Å². The van der Waals surface area contributed by atoms with E-state index >= 15 is 0 Å². The minimum Gasteiger partial charge on any atom is -0.508 e. The third-order valence-corrected chi connectivity index (χ3v) is 6.02. The van der Waals surface area contributed by atoms with Crippen LogP contribution in [0, 0.1) is 5.82 Å². The van der Waals surface area contributed by atoms with Crippen LogP contribution in [0.25, 0.3) is 5.69 Å². The van der Waals surface area contributed by atoms with E-state index in [-0.39, 0.29) is 16.9 Å². The normalized spacial score (nSPS) is 13.8. The Kier molecular flexibility index (Phi) is 5.60. The van der Waals surface area contributed by atoms with Crippen molar-refractivity contribution in [2.24, 2.45) is 0 Å². The molecule has 2 aromatic heterocycles. The number of halogens is 1. The van der Waals surface area contributed by atoms with Gasteiger partial charge in [-0.05, 0) is 61.4 Å². The number of urea groups is 1. The maximum Gasteiger partial charge on any atom is 0.324 e. The van der Waals surface area contributed by atoms with Gasteiger partial charge in [0.05, 0.1) is 17.1 Å². The number of nitrogens with one attached hydrogen (secondary N) is 2. The van der Waals surface area contributed by atoms with Crippen LogP contribution in [0.15, 0.2) is 67.0 Å². The molecular weight excluding hydrogens is 449 g/mol. The summed E-state index contributed by atoms with van der Waals surface area (Å²) in [5, 5.41) is 19.8. The van der Waals surface area contributed by atoms with Gasteiger partial charge in [0, 0.05) is 29.4 Å². The van der Waals surface area contributed by atoms with Gasteiger partial charge in [0.25, 0.3) is 0 Å². The summed E-state index contributed by atoms with van der Waals surface area (Å²) in [5.74, 6) is 0.840. The lowest BCUT2D eigenvalue weighted by atomic mass is 9.91. The zero-order valence-electron chi connectivity index (χ0n) is 19.2. The Bertz CT molecular complexity index is 1380. The molecule has 2 amide bonds. The van der Waals surface area contributed by atoms with Crippen molar-refractivity contribution in [3.05, 3.63) is 84.1 Å². The van der Waals surface area contributed by atoms with E-state index in [0.29, 0.717) is 23.0 Å². The summed E-state index contributed by atoms with van der Waals surface area (Å²) in [5.41, 5.74) is 2.41. The first-order valence-electron chi connectivity index (χ1n) is 11.2. The molecule has 8 nitrogen and oxygen atoms in total. The molecule has 5 rings (SSSR count). The first-order valence-corrected chi connectivity index (χ1v) is 11.2. The molecule has 1 aliphatic carbocycles. The van der Waals surface area contributed by atoms with Crippen LogP contribution in [0.2, 0.25) is 0 Å². The van der Waals surface area contributed by atoms with Gasteiger partial charge in [-0.15, -0.1) is 0 Å². The van der Waals surface area contributed by atoms with E-state index in [1.54, 1.807) is 59.5 Å². The molecule has 0 fully saturated rings. The Morgan fingerprint density at radius 1 is 1.06 bits per heavy atom. The maximum absolute atomic E-state index is 14.7. The van der Waals surface area contributed by atoms with Crippen LogP contribution in [0.3, 0.4) is 0 Å². The van der Waals surface area contributed by atoms with Crippen LogP contribution >= 0.6 is 0 Å². The number of nitrogens with zero attached hydrogens (tertiary/aromatic N) is 3. The van der Waals surface area contributed by atoms with Crippen LogP contribution in [0.1, 0.15) is 31.5 Å². The molecule has 0 bridgehead atoms. The Balaban J connectivity index is 1.38. The SMILES string of the molecule is CC1(C)CCc2c1nn(-c1ccc(O)cc1)c2NC(=O)Nc1ccc(Oc2ccncc2)cc1F. The second kappa shape index (κ2) is 8.75. The summed E-state index contributed by atoms with van der Waals surface area (Å²) in [4.78, 5) is 16.8. The smallest absolute Gasteiger partial charge is 0.324 e. The lowest BCUT2D eigenvalue weighted by Gasteiger charge is -2.16. The number of hydrogen-bond acceptors (Lipinski definition) is 5. The number of carbonyl (C=O) groups excluding carboxylic acids is 1. The lowest BCUT2D eigenvalue weighted by Crippen LogP contribution is -2.22. The van der Waals surface area contributed by atoms with Gasteiger partial charge in [-0.3, -0.25) is 10.3 Å². The molecule has 3 N–H and O–H groups in total. The Morgan fingerprint density at radius 2 is 1.80 bits per heavy atom. The van der Waals surface area contributed by atoms with E-state index in [9.17, 15) is 14.3 Å². The molecule has 178 valence electrons. The minimum atomic E-state index is -0.634. The number of pyridine rings is 1. The van der Waals surface area contributed by atoms with Crippen molar-refractivity contribution in [1.29, 1.82) is 0 Å². The second-order valence-electron chi connectivity index (χ2n) is 8.99. The Morgan fingerprint density at radius 3 is 2.51 bits per heavy atom. The van der Waals surface area contributed by atoms with Crippen LogP contribution in [0.4, 0.5) is 20.7 Å². The van der Waals surface area contributed by atoms with E-state index in [0.717, 1.165) is 24.1 Å². The number of amides is 2. The molecule has 1 aliphatic rings. The van der Waals surface area contributed by atoms with Crippen molar-refractivity contribution in [2.75, 3.05) is 10.6 Å². The molecule has 2 heterocycles. The zero-order chi connectivity index (χ0) is 24.6. The summed E-state index contributed by atoms with van der Waals surface area (Å²) in [6, 6.07) is 13.5. The molecule has 0 saturated heterocycles. The average Bonchev–Trinajstić information content (AvgIpc) is 3.34. The van der Waals surface area contributed by atoms with Gasteiger partial charge in [-0.2, -0.15) is 5.10 Å². The number of phenols is 1. The summed E-state index contributed by atoms with van der Waals surface area (Å²) >= 11 is 0. The number of carbonyl (C=O) groups is 1. The number of hydrogen-bond donors (Lipinski definition) is 3. The van der Waals surface area contributed by atoms with Gasteiger partial charge in [0.2, 0.25) is 0 Å². The topological polar surface area (TPSA) is 101 Å². The fourth-order valence-electron chi connectivity index (χ4n) is 4.16. The molecule has 0 spiro atoms. The number of phenolic OH excluding ortho intramolecular Hbond substituents is 1. The van der Waals surface area contributed by atoms with Crippen LogP contribution < -0.4 is 15.4 Å². The highest BCUT2D eigenvalue weighted by Gasteiger charge is 2.37. The number of benzene rings is 2. The number of fused-ring (bicyclic) bond motifs is 1. The molecule has 35 heavy (non-hydrogen) atoms. The van der Waals surface area contributed by atoms with E-state index in [2.05, 4.69) is 29.5 Å². The summed E-state index contributed by atoms with van der Waals surface area (Å²) in [7, 11) is 0. The first-order chi connectivity index (χ1) is 16.8. The lowest BCUT2D eigenvalue weighted by molar-refractivity contribution is 0.262. The molecule has 2 aromatic carbocycles. The minimum absolute atomic E-state index is 0.0113. The van der Waals surface area contributed by atoms with Gasteiger partial charge in [-0.25, -0.2) is 13.9 Å². The predicted octanol–water partition coefficient (Wildman–Crippen LogP) is 5.77. The second-order valence-corrected chi connectivity index (χ2v) is 8.99. The highest BCUT2D eigenvalue weighted by Crippen LogP contribution is 2.42. The van der Waals surface area contributed by atoms with E-state index in [1.165, 1.54) is 12.1 Å². The largest absolute Gasteiger partial charge is 0.508 e. The molecule has 0 saturated carbocycles. The number of ether oxygens (including phenoxy) is 1. The third-order valence-electron chi connectivity index (χ3n) is 6.02. The average molecular weight is 474 g/mol. The molecule has 0 unspecified atom stereocenters. The molecule has 0 radical (unpaired) electrons. The van der Waals surface area contributed by atoms with Crippen molar-refractivity contribution in [1.82, 2.24) is 14.8 Å². The molecule has 0 aliphatic heterocycles. The van der Waals surface area contributed by atoms with Gasteiger partial charge in [0.15, 0.2) is 0 Å². The third kappa shape index (κ3) is 4.52. The predicted molar refractivity (Wildman–Crippen MR) is 130 cm³/mol. The Labute approximate surface area is 201 Å². The molecular formula is C26H24FN5O3. The number of aromatic hydroxyl groups is 1. The standard InChI is InChI=1S/C26H24FN5O3/c1-26(2)12-9-20-23(26)31-32(16-3-5-17(33)6-4-16)24(20)30-25(34)29-22-8-7-19(15-21(22)27)35-18-10-13-28-14-11-18/h3-8,10-11,13-15,33H,9,12H2,1-2H3,(H2,29,30,34). The quantitative estimate of drug-likeness (QED) is 0.341. The summed E-state index contributed by atoms with van der Waals surface area (Å²) in [6.45, 7) is 4.23. The number of aromatic nitrogens is 3. The van der Waals surface area contributed by atoms with Gasteiger partial charge >= 0.3 is 6.03 Å². The fraction of sp³-hybridized carbons (Fsp3) is 0.192. The highest BCUT2D eigenvalue weighted by atomic mass is 19.1. The molecule has 9 heteroatoms. The van der Waals surface area contributed by atoms with Crippen molar-refractivity contribution in [3.8, 4) is 22.9 Å². The van der Waals surface area contributed by atoms with Crippen molar-refractivity contribution in [3.63, 3.8) is 0 Å². The van der Waals surface area contributed by atoms with E-state index in [4.69, 9.17) is 9.84 Å². The van der Waals surface area contributed by atoms with Crippen LogP contribution in [-0.4, -0.2) is 25.9 Å². The van der Waals surface area contributed by atoms with Gasteiger partial charge in [0.1, 0.15) is 28.9 Å². The van der Waals surface area contributed by atoms with E-state index < -0.39 is 11.8 Å². The Hall–Kier alpha value is -4.40. The highest BCUT2D eigenvalue weighted by molar-refractivity contribution is 6.00. The van der Waals surface area contributed by atoms with Crippen LogP contribution in [0.5, 0.6) is 17.2 Å². The van der Waals surface area contributed by atoms with E-state index in [1.807, 2.05) is 0 Å². The number of anilines is 2. The number of rotatable bonds is 5. The van der Waals surface area contributed by atoms with Crippen molar-refractivity contribution < 1.29 is 19.0 Å². The van der Waals surface area contributed by atoms with Crippen LogP contribution in [-0.2, 0) is 11.8 Å². The first kappa shape index (κ1) is 22.4. The molecule has 4 aromatic rings. The van der Waals surface area contributed by atoms with Crippen molar-refractivity contribution >= 4 is 17.5 Å². The maximum atomic E-state index is 14.7. The summed E-state index contributed by atoms with van der Waals surface area (Å²) in [6.07, 6.45) is 4.82. The zero-order valence-corrected chi connectivity index (χ0v) is 19.2. The monoisotopic (exact) mass is 473 g/mol. The molecule has 0 atom stereocenters. The van der Waals surface area contributed by atoms with Crippen molar-refractivity contribution in [2.45, 2.75) is 32.1 Å². The van der Waals surface area contributed by atoms with Gasteiger partial charge < -0.3 is 15.2 Å².